The van der Waals surface area contributed by atoms with Crippen molar-refractivity contribution in [2.24, 2.45) is 0 Å². The molecule has 0 bridgehead atoms. The molecule has 1 aromatic heterocycles. The van der Waals surface area contributed by atoms with E-state index in [0.29, 0.717) is 17.7 Å². The number of carbonyl (C=O) groups excluding carboxylic acids is 1. The molecule has 0 unspecified atom stereocenters. The molecule has 5 nitrogen and oxygen atoms in total. The maximum atomic E-state index is 10.9. The zero-order chi connectivity index (χ0) is 15.2. The Bertz CT molecular complexity index is 595. The van der Waals surface area contributed by atoms with E-state index in [-0.39, 0.29) is 5.91 Å². The second-order valence-corrected chi connectivity index (χ2v) is 5.91. The number of carbonyl (C=O) groups is 1. The molecular formula is C15H19N3O2S. The molecule has 0 saturated carbocycles. The van der Waals surface area contributed by atoms with Gasteiger partial charge in [0.1, 0.15) is 12.4 Å². The molecule has 0 fully saturated rings. The largest absolute Gasteiger partial charge is 0.486 e. The van der Waals surface area contributed by atoms with E-state index in [0.717, 1.165) is 17.2 Å². The summed E-state index contributed by atoms with van der Waals surface area (Å²) in [6.07, 6.45) is 1.12. The van der Waals surface area contributed by atoms with E-state index in [2.05, 4.69) is 41.5 Å². The van der Waals surface area contributed by atoms with E-state index in [9.17, 15) is 4.79 Å². The molecular weight excluding hydrogens is 286 g/mol. The van der Waals surface area contributed by atoms with Crippen molar-refractivity contribution < 1.29 is 9.53 Å². The van der Waals surface area contributed by atoms with Crippen molar-refractivity contribution >= 4 is 22.4 Å². The molecule has 0 aliphatic heterocycles. The van der Waals surface area contributed by atoms with Gasteiger partial charge in [-0.25, -0.2) is 0 Å². The number of benzene rings is 1. The van der Waals surface area contributed by atoms with Gasteiger partial charge in [0.15, 0.2) is 5.01 Å². The quantitative estimate of drug-likeness (QED) is 0.886. The standard InChI is InChI=1S/C15H19N3O2S/c1-4-10(2)12-5-7-13(8-6-12)20-9-14-17-18-15(21-14)16-11(3)19/h5-8,10H,4,9H2,1-3H3,(H,16,18,19)/t10-/m0/s1. The maximum absolute atomic E-state index is 10.9. The SMILES string of the molecule is CC[C@H](C)c1ccc(OCc2nnc(NC(C)=O)s2)cc1. The minimum atomic E-state index is -0.153. The first kappa shape index (κ1) is 15.4. The Morgan fingerprint density at radius 1 is 1.33 bits per heavy atom. The van der Waals surface area contributed by atoms with Crippen LogP contribution in [0.25, 0.3) is 0 Å². The van der Waals surface area contributed by atoms with Crippen molar-refractivity contribution in [3.05, 3.63) is 34.8 Å². The highest BCUT2D eigenvalue weighted by atomic mass is 32.1. The fraction of sp³-hybridized carbons (Fsp3) is 0.400. The van der Waals surface area contributed by atoms with Gasteiger partial charge in [-0.2, -0.15) is 0 Å². The van der Waals surface area contributed by atoms with Crippen molar-refractivity contribution in [3.63, 3.8) is 0 Å². The van der Waals surface area contributed by atoms with Crippen LogP contribution in [-0.2, 0) is 11.4 Å². The Morgan fingerprint density at radius 2 is 2.05 bits per heavy atom. The average Bonchev–Trinajstić information content (AvgIpc) is 2.91. The lowest BCUT2D eigenvalue weighted by molar-refractivity contribution is -0.114. The summed E-state index contributed by atoms with van der Waals surface area (Å²) >= 11 is 1.31. The number of anilines is 1. The van der Waals surface area contributed by atoms with Gasteiger partial charge in [0, 0.05) is 6.92 Å². The summed E-state index contributed by atoms with van der Waals surface area (Å²) in [5, 5.41) is 11.7. The van der Waals surface area contributed by atoms with Gasteiger partial charge in [0.2, 0.25) is 11.0 Å². The van der Waals surface area contributed by atoms with Crippen molar-refractivity contribution in [1.29, 1.82) is 0 Å². The summed E-state index contributed by atoms with van der Waals surface area (Å²) in [4.78, 5) is 10.9. The lowest BCUT2D eigenvalue weighted by Crippen LogP contribution is -2.04. The zero-order valence-electron chi connectivity index (χ0n) is 12.4. The molecule has 21 heavy (non-hydrogen) atoms. The summed E-state index contributed by atoms with van der Waals surface area (Å²) in [6, 6.07) is 8.12. The summed E-state index contributed by atoms with van der Waals surface area (Å²) in [5.41, 5.74) is 1.31. The molecule has 1 atom stereocenters. The highest BCUT2D eigenvalue weighted by molar-refractivity contribution is 7.15. The van der Waals surface area contributed by atoms with Crippen LogP contribution < -0.4 is 10.1 Å². The van der Waals surface area contributed by atoms with E-state index in [1.54, 1.807) is 0 Å². The first-order valence-electron chi connectivity index (χ1n) is 6.91. The Kier molecular flexibility index (Phi) is 5.27. The number of nitrogens with zero attached hydrogens (tertiary/aromatic N) is 2. The fourth-order valence-corrected chi connectivity index (χ4v) is 2.49. The van der Waals surface area contributed by atoms with Gasteiger partial charge in [-0.1, -0.05) is 37.3 Å². The number of amides is 1. The van der Waals surface area contributed by atoms with Crippen LogP contribution in [0.5, 0.6) is 5.75 Å². The van der Waals surface area contributed by atoms with Crippen molar-refractivity contribution in [2.45, 2.75) is 39.7 Å². The van der Waals surface area contributed by atoms with Crippen LogP contribution in [0.4, 0.5) is 5.13 Å². The van der Waals surface area contributed by atoms with E-state index < -0.39 is 0 Å². The summed E-state index contributed by atoms with van der Waals surface area (Å²) in [5.74, 6) is 1.21. The first-order valence-corrected chi connectivity index (χ1v) is 7.73. The van der Waals surface area contributed by atoms with Gasteiger partial charge in [-0.3, -0.25) is 4.79 Å². The van der Waals surface area contributed by atoms with Gasteiger partial charge in [0.25, 0.3) is 0 Å². The molecule has 0 saturated heterocycles. The van der Waals surface area contributed by atoms with Gasteiger partial charge < -0.3 is 10.1 Å². The molecule has 0 radical (unpaired) electrons. The lowest BCUT2D eigenvalue weighted by atomic mass is 9.99. The number of hydrogen-bond donors (Lipinski definition) is 1. The molecule has 112 valence electrons. The van der Waals surface area contributed by atoms with Crippen molar-refractivity contribution in [1.82, 2.24) is 10.2 Å². The van der Waals surface area contributed by atoms with Crippen molar-refractivity contribution in [3.8, 4) is 5.75 Å². The minimum Gasteiger partial charge on any atom is -0.486 e. The number of rotatable bonds is 6. The molecule has 1 amide bonds. The molecule has 0 spiro atoms. The van der Waals surface area contributed by atoms with E-state index in [4.69, 9.17) is 4.74 Å². The normalized spacial score (nSPS) is 12.0. The third-order valence-electron chi connectivity index (χ3n) is 3.17. The molecule has 6 heteroatoms. The predicted octanol–water partition coefficient (Wildman–Crippen LogP) is 3.59. The molecule has 1 N–H and O–H groups in total. The highest BCUT2D eigenvalue weighted by Crippen LogP contribution is 2.22. The fourth-order valence-electron chi connectivity index (χ4n) is 1.79. The molecule has 1 heterocycles. The maximum Gasteiger partial charge on any atom is 0.223 e. The second kappa shape index (κ2) is 7.17. The molecule has 0 aliphatic rings. The van der Waals surface area contributed by atoms with Gasteiger partial charge in [-0.05, 0) is 30.0 Å². The lowest BCUT2D eigenvalue weighted by Gasteiger charge is -2.10. The van der Waals surface area contributed by atoms with Gasteiger partial charge in [-0.15, -0.1) is 10.2 Å². The molecule has 0 aliphatic carbocycles. The summed E-state index contributed by atoms with van der Waals surface area (Å²) < 4.78 is 5.67. The number of hydrogen-bond acceptors (Lipinski definition) is 5. The Labute approximate surface area is 128 Å². The van der Waals surface area contributed by atoms with Gasteiger partial charge in [0.05, 0.1) is 0 Å². The number of aromatic nitrogens is 2. The van der Waals surface area contributed by atoms with Crippen LogP contribution in [0.3, 0.4) is 0 Å². The minimum absolute atomic E-state index is 0.153. The highest BCUT2D eigenvalue weighted by Gasteiger charge is 2.07. The average molecular weight is 305 g/mol. The smallest absolute Gasteiger partial charge is 0.223 e. The molecule has 1 aromatic carbocycles. The van der Waals surface area contributed by atoms with E-state index in [1.165, 1.54) is 23.8 Å². The summed E-state index contributed by atoms with van der Waals surface area (Å²) in [7, 11) is 0. The first-order chi connectivity index (χ1) is 10.1. The van der Waals surface area contributed by atoms with Crippen LogP contribution in [-0.4, -0.2) is 16.1 Å². The van der Waals surface area contributed by atoms with Crippen LogP contribution in [0.15, 0.2) is 24.3 Å². The van der Waals surface area contributed by atoms with Crippen molar-refractivity contribution in [2.75, 3.05) is 5.32 Å². The third kappa shape index (κ3) is 4.53. The Balaban J connectivity index is 1.90. The predicted molar refractivity (Wildman–Crippen MR) is 83.7 cm³/mol. The van der Waals surface area contributed by atoms with Crippen LogP contribution in [0.1, 0.15) is 43.7 Å². The number of ether oxygens (including phenoxy) is 1. The summed E-state index contributed by atoms with van der Waals surface area (Å²) in [6.45, 7) is 6.17. The van der Waals surface area contributed by atoms with Crippen LogP contribution in [0.2, 0.25) is 0 Å². The molecule has 2 aromatic rings. The number of nitrogens with one attached hydrogen (secondary N) is 1. The zero-order valence-corrected chi connectivity index (χ0v) is 13.2. The topological polar surface area (TPSA) is 64.1 Å². The van der Waals surface area contributed by atoms with Crippen LogP contribution >= 0.6 is 11.3 Å². The Morgan fingerprint density at radius 3 is 2.67 bits per heavy atom. The van der Waals surface area contributed by atoms with E-state index >= 15 is 0 Å². The third-order valence-corrected chi connectivity index (χ3v) is 3.99. The Hall–Kier alpha value is -1.95. The molecule has 2 rings (SSSR count). The van der Waals surface area contributed by atoms with Crippen LogP contribution in [0, 0.1) is 0 Å². The van der Waals surface area contributed by atoms with E-state index in [1.807, 2.05) is 12.1 Å². The second-order valence-electron chi connectivity index (χ2n) is 4.85. The monoisotopic (exact) mass is 305 g/mol. The van der Waals surface area contributed by atoms with Gasteiger partial charge >= 0.3 is 0 Å².